The normalized spacial score (nSPS) is 21.9. The minimum atomic E-state index is -1.19. The van der Waals surface area contributed by atoms with Gasteiger partial charge in [0.25, 0.3) is 5.91 Å². The number of nitrogens with zero attached hydrogens (tertiary/aromatic N) is 3. The summed E-state index contributed by atoms with van der Waals surface area (Å²) in [4.78, 5) is 88.2. The zero-order valence-electron chi connectivity index (χ0n) is 33.0. The summed E-state index contributed by atoms with van der Waals surface area (Å²) in [5, 5.41) is 25.0. The number of hydrogen-bond acceptors (Lipinski definition) is 9. The number of para-hydroxylation sites is 1. The van der Waals surface area contributed by atoms with Crippen molar-refractivity contribution in [2.24, 2.45) is 11.8 Å². The van der Waals surface area contributed by atoms with Crippen molar-refractivity contribution in [3.05, 3.63) is 77.7 Å². The predicted octanol–water partition coefficient (Wildman–Crippen LogP) is 1.38. The van der Waals surface area contributed by atoms with Crippen molar-refractivity contribution in [2.75, 3.05) is 20.2 Å². The van der Waals surface area contributed by atoms with Crippen LogP contribution in [0.15, 0.2) is 60.9 Å². The first-order valence-electron chi connectivity index (χ1n) is 19.1. The van der Waals surface area contributed by atoms with E-state index in [1.54, 1.807) is 30.5 Å². The number of ether oxygens (including phenoxy) is 1. The van der Waals surface area contributed by atoms with Crippen LogP contribution < -0.4 is 31.3 Å². The molecule has 17 nitrogen and oxygen atoms in total. The van der Waals surface area contributed by atoms with Crippen LogP contribution in [0.4, 0.5) is 0 Å². The Morgan fingerprint density at radius 2 is 1.49 bits per heavy atom. The Labute approximate surface area is 330 Å². The van der Waals surface area contributed by atoms with Crippen molar-refractivity contribution in [3.63, 3.8) is 0 Å². The van der Waals surface area contributed by atoms with Gasteiger partial charge in [-0.3, -0.25) is 28.8 Å². The Morgan fingerprint density at radius 1 is 0.825 bits per heavy atom. The third-order valence-corrected chi connectivity index (χ3v) is 9.88. The third kappa shape index (κ3) is 11.2. The lowest BCUT2D eigenvalue weighted by Crippen LogP contribution is -2.60. The summed E-state index contributed by atoms with van der Waals surface area (Å²) in [5.41, 5.74) is 2.22. The Morgan fingerprint density at radius 3 is 2.16 bits per heavy atom. The van der Waals surface area contributed by atoms with Gasteiger partial charge in [0.1, 0.15) is 29.9 Å². The number of benzene rings is 2. The largest absolute Gasteiger partial charge is 0.497 e. The van der Waals surface area contributed by atoms with Gasteiger partial charge in [0.2, 0.25) is 29.5 Å². The lowest BCUT2D eigenvalue weighted by Gasteiger charge is -2.32. The molecule has 0 radical (unpaired) electrons. The molecule has 17 heteroatoms. The fourth-order valence-electron chi connectivity index (χ4n) is 6.63. The minimum absolute atomic E-state index is 0.0416. The van der Waals surface area contributed by atoms with Gasteiger partial charge in [-0.05, 0) is 54.5 Å². The zero-order valence-corrected chi connectivity index (χ0v) is 33.0. The van der Waals surface area contributed by atoms with E-state index in [1.165, 1.54) is 25.1 Å². The molecule has 1 aliphatic rings. The van der Waals surface area contributed by atoms with Crippen molar-refractivity contribution in [2.45, 2.75) is 84.1 Å². The number of H-pyrrole nitrogens is 2. The molecule has 0 saturated carbocycles. The number of methoxy groups -OCH3 is 1. The molecule has 1 fully saturated rings. The molecule has 2 aromatic heterocycles. The maximum absolute atomic E-state index is 14.3. The summed E-state index contributed by atoms with van der Waals surface area (Å²) < 4.78 is 5.28. The summed E-state index contributed by atoms with van der Waals surface area (Å²) in [6, 6.07) is 9.33. The molecule has 0 spiro atoms. The molecule has 57 heavy (non-hydrogen) atoms. The number of aromatic amines is 2. The Balaban J connectivity index is 1.54. The fraction of sp³-hybridized carbons (Fsp3) is 0.450. The smallest absolute Gasteiger partial charge is 0.276 e. The highest BCUT2D eigenvalue weighted by atomic mass is 16.5. The van der Waals surface area contributed by atoms with E-state index in [0.29, 0.717) is 11.3 Å². The molecular formula is C40H52N10O7. The number of aromatic nitrogens is 4. The molecule has 2 aromatic carbocycles. The molecule has 4 aromatic rings. The monoisotopic (exact) mass is 784 g/mol. The topological polar surface area (TPSA) is 232 Å². The van der Waals surface area contributed by atoms with Crippen LogP contribution in [-0.4, -0.2) is 111 Å². The molecule has 3 heterocycles. The SMILES string of the molecule is COc1ccc(C[C@@H]2NC(=O)[C@H](CC(C)C)NC(=O)[C@@H](Cc3c[nH]c4ccccc34)NC(=O)CN(C(=O)c3cn[nH]n3)C[C@H](C(C)C)NC(=O)[C@@H](C)NC2=O)cc1. The van der Waals surface area contributed by atoms with Crippen molar-refractivity contribution in [1.82, 2.24) is 51.9 Å². The van der Waals surface area contributed by atoms with E-state index >= 15 is 0 Å². The van der Waals surface area contributed by atoms with Crippen LogP contribution in [0, 0.1) is 11.8 Å². The molecular weight excluding hydrogens is 733 g/mol. The average Bonchev–Trinajstić information content (AvgIpc) is 3.87. The van der Waals surface area contributed by atoms with Gasteiger partial charge in [-0.2, -0.15) is 15.4 Å². The van der Waals surface area contributed by atoms with Crippen LogP contribution in [-0.2, 0) is 36.8 Å². The van der Waals surface area contributed by atoms with Gasteiger partial charge in [0, 0.05) is 42.5 Å². The van der Waals surface area contributed by atoms with Gasteiger partial charge in [0.05, 0.1) is 19.9 Å². The van der Waals surface area contributed by atoms with Crippen molar-refractivity contribution < 1.29 is 33.5 Å². The highest BCUT2D eigenvalue weighted by Crippen LogP contribution is 2.20. The second-order valence-electron chi connectivity index (χ2n) is 15.1. The van der Waals surface area contributed by atoms with Crippen molar-refractivity contribution in [3.8, 4) is 5.75 Å². The Bertz CT molecular complexity index is 2030. The number of rotatable bonds is 9. The van der Waals surface area contributed by atoms with Crippen molar-refractivity contribution in [1.29, 1.82) is 0 Å². The summed E-state index contributed by atoms with van der Waals surface area (Å²) in [7, 11) is 1.54. The predicted molar refractivity (Wildman–Crippen MR) is 211 cm³/mol. The van der Waals surface area contributed by atoms with E-state index in [1.807, 2.05) is 52.0 Å². The first-order chi connectivity index (χ1) is 27.2. The average molecular weight is 785 g/mol. The van der Waals surface area contributed by atoms with Gasteiger partial charge < -0.3 is 41.2 Å². The molecule has 0 unspecified atom stereocenters. The molecule has 5 atom stereocenters. The Kier molecular flexibility index (Phi) is 14.0. The minimum Gasteiger partial charge on any atom is -0.497 e. The number of carbonyl (C=O) groups is 6. The standard InChI is InChI=1S/C40H52N10O7/c1-22(2)15-30-38(54)46-31(16-25-11-13-27(57-6)14-12-25)37(53)43-24(5)36(52)47-34(23(3)4)20-50(40(56)33-19-42-49-48-33)21-35(51)44-32(39(55)45-30)17-26-18-41-29-10-8-7-9-28(26)29/h7-14,18-19,22-24,30-32,34,41H,15-17,20-21H2,1-6H3,(H,43,53)(H,44,51)(H,45,55)(H,46,54)(H,47,52)(H,42,48,49)/t24-,30+,31+,32-,34-/m1/s1. The first-order valence-corrected chi connectivity index (χ1v) is 19.1. The van der Waals surface area contributed by atoms with Crippen LogP contribution in [0.2, 0.25) is 0 Å². The highest BCUT2D eigenvalue weighted by molar-refractivity contribution is 5.98. The van der Waals surface area contributed by atoms with Gasteiger partial charge in [-0.25, -0.2) is 0 Å². The summed E-state index contributed by atoms with van der Waals surface area (Å²) >= 11 is 0. The van der Waals surface area contributed by atoms with E-state index in [4.69, 9.17) is 4.74 Å². The fourth-order valence-corrected chi connectivity index (χ4v) is 6.63. The van der Waals surface area contributed by atoms with Gasteiger partial charge in [0.15, 0.2) is 5.69 Å². The molecule has 1 saturated heterocycles. The molecule has 7 N–H and O–H groups in total. The van der Waals surface area contributed by atoms with Gasteiger partial charge in [-0.15, -0.1) is 0 Å². The zero-order chi connectivity index (χ0) is 41.2. The number of fused-ring (bicyclic) bond motifs is 1. The summed E-state index contributed by atoms with van der Waals surface area (Å²) in [5.74, 6) is -3.41. The van der Waals surface area contributed by atoms with Crippen LogP contribution >= 0.6 is 0 Å². The number of hydrogen-bond donors (Lipinski definition) is 7. The number of carbonyl (C=O) groups excluding carboxylic acids is 6. The van der Waals surface area contributed by atoms with E-state index in [0.717, 1.165) is 16.5 Å². The second kappa shape index (κ2) is 19.1. The highest BCUT2D eigenvalue weighted by Gasteiger charge is 2.34. The molecule has 1 aliphatic heterocycles. The third-order valence-electron chi connectivity index (χ3n) is 9.88. The second-order valence-corrected chi connectivity index (χ2v) is 15.1. The first kappa shape index (κ1) is 41.9. The summed E-state index contributed by atoms with van der Waals surface area (Å²) in [6.07, 6.45) is 3.29. The van der Waals surface area contributed by atoms with Gasteiger partial charge in [-0.1, -0.05) is 58.0 Å². The van der Waals surface area contributed by atoms with Crippen LogP contribution in [0.3, 0.4) is 0 Å². The molecule has 5 rings (SSSR count). The lowest BCUT2D eigenvalue weighted by molar-refractivity contribution is -0.135. The molecule has 6 amide bonds. The van der Waals surface area contributed by atoms with E-state index < -0.39 is 72.2 Å². The van der Waals surface area contributed by atoms with Crippen LogP contribution in [0.1, 0.15) is 62.7 Å². The number of amides is 6. The van der Waals surface area contributed by atoms with E-state index in [-0.39, 0.29) is 43.3 Å². The molecule has 0 aliphatic carbocycles. The molecule has 304 valence electrons. The lowest BCUT2D eigenvalue weighted by atomic mass is 9.99. The number of nitrogens with one attached hydrogen (secondary N) is 7. The molecule has 0 bridgehead atoms. The Hall–Kier alpha value is -6.26. The maximum Gasteiger partial charge on any atom is 0.276 e. The van der Waals surface area contributed by atoms with Crippen LogP contribution in [0.25, 0.3) is 10.9 Å². The maximum atomic E-state index is 14.3. The quantitative estimate of drug-likeness (QED) is 0.130. The van der Waals surface area contributed by atoms with E-state index in [9.17, 15) is 28.8 Å². The van der Waals surface area contributed by atoms with E-state index in [2.05, 4.69) is 47.0 Å². The van der Waals surface area contributed by atoms with Crippen molar-refractivity contribution >= 4 is 46.3 Å². The van der Waals surface area contributed by atoms with Gasteiger partial charge >= 0.3 is 0 Å². The van der Waals surface area contributed by atoms with Crippen LogP contribution in [0.5, 0.6) is 5.75 Å². The summed E-state index contributed by atoms with van der Waals surface area (Å²) in [6.45, 7) is 8.36.